The minimum atomic E-state index is -0.557. The Morgan fingerprint density at radius 2 is 2.31 bits per heavy atom. The molecular formula is C10H12N2O. The van der Waals surface area contributed by atoms with Crippen LogP contribution in [0.4, 0.5) is 0 Å². The Hall–Kier alpha value is -1.37. The Kier molecular flexibility index (Phi) is 3.44. The zero-order valence-electron chi connectivity index (χ0n) is 7.27. The first-order chi connectivity index (χ1) is 6.27. The predicted molar refractivity (Wildman–Crippen MR) is 49.8 cm³/mol. The molecule has 0 aliphatic heterocycles. The number of aliphatic hydroxyl groups excluding tert-OH is 1. The molecule has 1 aromatic rings. The molecule has 0 spiro atoms. The number of nitriles is 1. The van der Waals surface area contributed by atoms with E-state index in [1.54, 1.807) is 24.3 Å². The molecule has 0 fully saturated rings. The summed E-state index contributed by atoms with van der Waals surface area (Å²) in [5.41, 5.74) is 6.63. The first kappa shape index (κ1) is 9.72. The Bertz CT molecular complexity index is 317. The fourth-order valence-corrected chi connectivity index (χ4v) is 1.14. The maximum atomic E-state index is 9.55. The molecule has 0 aliphatic rings. The smallest absolute Gasteiger partial charge is 0.0991 e. The van der Waals surface area contributed by atoms with E-state index in [0.717, 1.165) is 5.56 Å². The highest BCUT2D eigenvalue weighted by molar-refractivity contribution is 5.33. The molecule has 0 radical (unpaired) electrons. The fourth-order valence-electron chi connectivity index (χ4n) is 1.14. The van der Waals surface area contributed by atoms with Gasteiger partial charge in [0.2, 0.25) is 0 Å². The minimum absolute atomic E-state index is 0.442. The van der Waals surface area contributed by atoms with Crippen LogP contribution in [0.2, 0.25) is 0 Å². The fraction of sp³-hybridized carbons (Fsp3) is 0.300. The van der Waals surface area contributed by atoms with E-state index in [2.05, 4.69) is 0 Å². The zero-order chi connectivity index (χ0) is 9.68. The molecule has 0 saturated heterocycles. The molecule has 0 heterocycles. The van der Waals surface area contributed by atoms with Gasteiger partial charge in [-0.15, -0.1) is 0 Å². The molecule has 1 atom stereocenters. The van der Waals surface area contributed by atoms with Crippen molar-refractivity contribution < 1.29 is 5.11 Å². The lowest BCUT2D eigenvalue weighted by atomic mass is 10.0. The predicted octanol–water partition coefficient (Wildman–Crippen LogP) is 0.940. The van der Waals surface area contributed by atoms with E-state index in [0.29, 0.717) is 18.5 Å². The highest BCUT2D eigenvalue weighted by Gasteiger charge is 2.05. The van der Waals surface area contributed by atoms with Gasteiger partial charge in [-0.25, -0.2) is 0 Å². The largest absolute Gasteiger partial charge is 0.388 e. The van der Waals surface area contributed by atoms with Crippen LogP contribution in [0.3, 0.4) is 0 Å². The van der Waals surface area contributed by atoms with Crippen LogP contribution in [0, 0.1) is 11.3 Å². The van der Waals surface area contributed by atoms with Crippen molar-refractivity contribution in [2.24, 2.45) is 5.73 Å². The number of hydrogen-bond donors (Lipinski definition) is 2. The van der Waals surface area contributed by atoms with Gasteiger partial charge in [-0.1, -0.05) is 12.1 Å². The first-order valence-corrected chi connectivity index (χ1v) is 4.16. The Morgan fingerprint density at radius 1 is 1.54 bits per heavy atom. The van der Waals surface area contributed by atoms with Crippen molar-refractivity contribution in [3.05, 3.63) is 35.4 Å². The second kappa shape index (κ2) is 4.61. The van der Waals surface area contributed by atoms with E-state index in [1.165, 1.54) is 0 Å². The van der Waals surface area contributed by atoms with Crippen molar-refractivity contribution in [2.45, 2.75) is 12.5 Å². The second-order valence-electron chi connectivity index (χ2n) is 2.83. The van der Waals surface area contributed by atoms with Crippen LogP contribution in [-0.2, 0) is 0 Å². The van der Waals surface area contributed by atoms with Crippen molar-refractivity contribution in [2.75, 3.05) is 6.54 Å². The summed E-state index contributed by atoms with van der Waals surface area (Å²) in [7, 11) is 0. The van der Waals surface area contributed by atoms with E-state index >= 15 is 0 Å². The van der Waals surface area contributed by atoms with Gasteiger partial charge in [0.25, 0.3) is 0 Å². The van der Waals surface area contributed by atoms with Crippen molar-refractivity contribution >= 4 is 0 Å². The molecule has 0 saturated carbocycles. The van der Waals surface area contributed by atoms with Gasteiger partial charge in [0.05, 0.1) is 17.7 Å². The number of rotatable bonds is 3. The average Bonchev–Trinajstić information content (AvgIpc) is 2.18. The molecule has 1 rings (SSSR count). The van der Waals surface area contributed by atoms with Crippen molar-refractivity contribution in [1.82, 2.24) is 0 Å². The summed E-state index contributed by atoms with van der Waals surface area (Å²) < 4.78 is 0. The lowest BCUT2D eigenvalue weighted by Crippen LogP contribution is -2.06. The van der Waals surface area contributed by atoms with Crippen molar-refractivity contribution in [1.29, 1.82) is 5.26 Å². The highest BCUT2D eigenvalue weighted by Crippen LogP contribution is 2.16. The molecule has 3 nitrogen and oxygen atoms in total. The number of hydrogen-bond acceptors (Lipinski definition) is 3. The summed E-state index contributed by atoms with van der Waals surface area (Å²) in [6.45, 7) is 0.442. The van der Waals surface area contributed by atoms with Crippen LogP contribution in [0.15, 0.2) is 24.3 Å². The monoisotopic (exact) mass is 176 g/mol. The first-order valence-electron chi connectivity index (χ1n) is 4.16. The number of nitrogens with two attached hydrogens (primary N) is 1. The third-order valence-electron chi connectivity index (χ3n) is 1.84. The topological polar surface area (TPSA) is 70.0 Å². The van der Waals surface area contributed by atoms with E-state index in [4.69, 9.17) is 11.0 Å². The molecule has 0 amide bonds. The summed E-state index contributed by atoms with van der Waals surface area (Å²) in [4.78, 5) is 0. The number of nitrogens with zero attached hydrogens (tertiary/aromatic N) is 1. The zero-order valence-corrected chi connectivity index (χ0v) is 7.27. The lowest BCUT2D eigenvalue weighted by molar-refractivity contribution is 0.170. The van der Waals surface area contributed by atoms with Gasteiger partial charge in [0.1, 0.15) is 0 Å². The van der Waals surface area contributed by atoms with Gasteiger partial charge < -0.3 is 10.8 Å². The van der Waals surface area contributed by atoms with Crippen LogP contribution >= 0.6 is 0 Å². The summed E-state index contributed by atoms with van der Waals surface area (Å²) in [5, 5.41) is 18.2. The van der Waals surface area contributed by atoms with E-state index in [9.17, 15) is 5.11 Å². The second-order valence-corrected chi connectivity index (χ2v) is 2.83. The highest BCUT2D eigenvalue weighted by atomic mass is 16.3. The van der Waals surface area contributed by atoms with Crippen LogP contribution in [0.25, 0.3) is 0 Å². The number of aliphatic hydroxyl groups is 1. The Morgan fingerprint density at radius 3 is 2.92 bits per heavy atom. The van der Waals surface area contributed by atoms with Crippen molar-refractivity contribution in [3.63, 3.8) is 0 Å². The van der Waals surface area contributed by atoms with Crippen LogP contribution in [0.1, 0.15) is 23.7 Å². The summed E-state index contributed by atoms with van der Waals surface area (Å²) in [5.74, 6) is 0. The summed E-state index contributed by atoms with van der Waals surface area (Å²) in [6.07, 6.45) is -0.0344. The molecule has 13 heavy (non-hydrogen) atoms. The Labute approximate surface area is 77.4 Å². The van der Waals surface area contributed by atoms with E-state index in [1.807, 2.05) is 6.07 Å². The van der Waals surface area contributed by atoms with Gasteiger partial charge in [-0.05, 0) is 30.7 Å². The van der Waals surface area contributed by atoms with Gasteiger partial charge in [0.15, 0.2) is 0 Å². The van der Waals surface area contributed by atoms with Gasteiger partial charge in [-0.3, -0.25) is 0 Å². The lowest BCUT2D eigenvalue weighted by Gasteiger charge is -2.08. The Balaban J connectivity index is 2.83. The van der Waals surface area contributed by atoms with Crippen LogP contribution < -0.4 is 5.73 Å². The third-order valence-corrected chi connectivity index (χ3v) is 1.84. The summed E-state index contributed by atoms with van der Waals surface area (Å²) in [6, 6.07) is 8.96. The maximum absolute atomic E-state index is 9.55. The molecular weight excluding hydrogens is 164 g/mol. The van der Waals surface area contributed by atoms with E-state index in [-0.39, 0.29) is 0 Å². The minimum Gasteiger partial charge on any atom is -0.388 e. The van der Waals surface area contributed by atoms with Gasteiger partial charge >= 0.3 is 0 Å². The standard InChI is InChI=1S/C10H12N2O/c11-5-4-10(13)9-3-1-2-8(6-9)7-12/h1-3,6,10,13H,4-5,11H2/t10-/m0/s1. The van der Waals surface area contributed by atoms with Crippen molar-refractivity contribution in [3.8, 4) is 6.07 Å². The quantitative estimate of drug-likeness (QED) is 0.720. The average molecular weight is 176 g/mol. The van der Waals surface area contributed by atoms with Gasteiger partial charge in [0, 0.05) is 0 Å². The summed E-state index contributed by atoms with van der Waals surface area (Å²) >= 11 is 0. The van der Waals surface area contributed by atoms with Gasteiger partial charge in [-0.2, -0.15) is 5.26 Å². The number of benzene rings is 1. The molecule has 3 N–H and O–H groups in total. The molecule has 0 aliphatic carbocycles. The third kappa shape index (κ3) is 2.55. The molecule has 0 unspecified atom stereocenters. The molecule has 68 valence electrons. The van der Waals surface area contributed by atoms with Crippen LogP contribution in [0.5, 0.6) is 0 Å². The molecule has 1 aromatic carbocycles. The molecule has 3 heteroatoms. The van der Waals surface area contributed by atoms with Crippen LogP contribution in [-0.4, -0.2) is 11.7 Å². The normalized spacial score (nSPS) is 12.1. The SMILES string of the molecule is N#Cc1cccc([C@@H](O)CCN)c1. The van der Waals surface area contributed by atoms with E-state index < -0.39 is 6.10 Å². The maximum Gasteiger partial charge on any atom is 0.0991 e. The molecule has 0 aromatic heterocycles. The molecule has 0 bridgehead atoms.